The Morgan fingerprint density at radius 1 is 1.09 bits per heavy atom. The number of rotatable bonds is 10. The van der Waals surface area contributed by atoms with Crippen molar-refractivity contribution >= 4 is 27.6 Å². The highest BCUT2D eigenvalue weighted by molar-refractivity contribution is 7.93. The summed E-state index contributed by atoms with van der Waals surface area (Å²) in [6, 6.07) is 4.90. The molecule has 12 heteroatoms. The summed E-state index contributed by atoms with van der Waals surface area (Å²) in [5.74, 6) is 0.136. The van der Waals surface area contributed by atoms with Crippen LogP contribution >= 0.6 is 0 Å². The molecule has 0 bridgehead atoms. The molecule has 3 aromatic rings. The average molecular weight is 484 g/mol. The molecule has 178 valence electrons. The van der Waals surface area contributed by atoms with Gasteiger partial charge in [-0.1, -0.05) is 6.92 Å². The molecule has 1 aliphatic carbocycles. The molecule has 0 spiro atoms. The number of carbonyl (C=O) groups is 1. The molecule has 34 heavy (non-hydrogen) atoms. The summed E-state index contributed by atoms with van der Waals surface area (Å²) >= 11 is 0. The lowest BCUT2D eigenvalue weighted by molar-refractivity contribution is -0.117. The van der Waals surface area contributed by atoms with Gasteiger partial charge >= 0.3 is 0 Å². The van der Waals surface area contributed by atoms with E-state index < -0.39 is 15.9 Å². The second-order valence-electron chi connectivity index (χ2n) is 7.70. The predicted octanol–water partition coefficient (Wildman–Crippen LogP) is 2.76. The molecule has 2 N–H and O–H groups in total. The van der Waals surface area contributed by atoms with Crippen LogP contribution in [0, 0.1) is 0 Å². The largest absolute Gasteiger partial charge is 0.477 e. The first-order valence-electron chi connectivity index (χ1n) is 11.0. The van der Waals surface area contributed by atoms with Crippen LogP contribution in [-0.4, -0.2) is 51.1 Å². The molecule has 1 amide bonds. The molecular weight excluding hydrogens is 458 g/mol. The zero-order chi connectivity index (χ0) is 24.1. The number of hydrogen-bond donors (Lipinski definition) is 2. The summed E-state index contributed by atoms with van der Waals surface area (Å²) in [4.78, 5) is 34.2. The van der Waals surface area contributed by atoms with Gasteiger partial charge in [0, 0.05) is 18.0 Å². The number of nitrogens with zero attached hydrogens (tertiary/aromatic N) is 5. The van der Waals surface area contributed by atoms with Crippen LogP contribution in [0.3, 0.4) is 0 Å². The van der Waals surface area contributed by atoms with Gasteiger partial charge in [-0.3, -0.25) is 14.5 Å². The molecule has 1 saturated carbocycles. The van der Waals surface area contributed by atoms with Crippen LogP contribution in [0.15, 0.2) is 43.0 Å². The molecule has 1 atom stereocenters. The summed E-state index contributed by atoms with van der Waals surface area (Å²) in [6.45, 7) is 4.18. The maximum atomic E-state index is 12.9. The number of nitrogens with one attached hydrogen (secondary N) is 2. The lowest BCUT2D eigenvalue weighted by Gasteiger charge is -2.15. The Hall–Kier alpha value is -3.67. The monoisotopic (exact) mass is 483 g/mol. The smallest absolute Gasteiger partial charge is 0.236 e. The van der Waals surface area contributed by atoms with Crippen LogP contribution in [0.2, 0.25) is 0 Å². The van der Waals surface area contributed by atoms with Crippen molar-refractivity contribution in [2.75, 3.05) is 16.6 Å². The van der Waals surface area contributed by atoms with Crippen molar-refractivity contribution in [1.29, 1.82) is 0 Å². The summed E-state index contributed by atoms with van der Waals surface area (Å²) in [7, 11) is -3.46. The SMILES string of the molecule is CCOc1cncc(-c2ccc(NC(=O)C(CC)c3nccc(NS(=O)(=O)C4CC4)n3)nc2)n1. The number of sulfonamides is 1. The average Bonchev–Trinajstić information content (AvgIpc) is 3.67. The third-order valence-corrected chi connectivity index (χ3v) is 6.98. The van der Waals surface area contributed by atoms with E-state index in [0.29, 0.717) is 43.3 Å². The molecule has 0 radical (unpaired) electrons. The minimum Gasteiger partial charge on any atom is -0.477 e. The molecule has 0 aromatic carbocycles. The Morgan fingerprint density at radius 2 is 1.91 bits per heavy atom. The van der Waals surface area contributed by atoms with Gasteiger partial charge in [0.2, 0.25) is 21.8 Å². The van der Waals surface area contributed by atoms with Crippen LogP contribution in [0.1, 0.15) is 44.9 Å². The quantitative estimate of drug-likeness (QED) is 0.444. The van der Waals surface area contributed by atoms with Crippen molar-refractivity contribution in [3.63, 3.8) is 0 Å². The summed E-state index contributed by atoms with van der Waals surface area (Å²) < 4.78 is 32.2. The van der Waals surface area contributed by atoms with E-state index in [0.717, 1.165) is 5.56 Å². The van der Waals surface area contributed by atoms with Crippen molar-refractivity contribution < 1.29 is 17.9 Å². The van der Waals surface area contributed by atoms with Gasteiger partial charge in [0.15, 0.2) is 0 Å². The van der Waals surface area contributed by atoms with E-state index in [9.17, 15) is 13.2 Å². The van der Waals surface area contributed by atoms with Crippen molar-refractivity contribution in [3.8, 4) is 17.1 Å². The van der Waals surface area contributed by atoms with Gasteiger partial charge in [0.1, 0.15) is 17.5 Å². The first kappa shape index (κ1) is 23.5. The van der Waals surface area contributed by atoms with Crippen LogP contribution in [0.25, 0.3) is 11.3 Å². The fourth-order valence-electron chi connectivity index (χ4n) is 3.23. The number of aromatic nitrogens is 5. The molecule has 4 rings (SSSR count). The Kier molecular flexibility index (Phi) is 6.96. The van der Waals surface area contributed by atoms with E-state index in [1.54, 1.807) is 24.5 Å². The minimum atomic E-state index is -3.46. The fraction of sp³-hybridized carbons (Fsp3) is 0.364. The first-order chi connectivity index (χ1) is 16.4. The third-order valence-electron chi connectivity index (χ3n) is 5.14. The summed E-state index contributed by atoms with van der Waals surface area (Å²) in [5, 5.41) is 2.39. The van der Waals surface area contributed by atoms with Gasteiger partial charge in [-0.25, -0.2) is 28.4 Å². The zero-order valence-electron chi connectivity index (χ0n) is 18.8. The van der Waals surface area contributed by atoms with Gasteiger partial charge in [-0.05, 0) is 44.4 Å². The fourth-order valence-corrected chi connectivity index (χ4v) is 4.56. The Bertz CT molecular complexity index is 1260. The van der Waals surface area contributed by atoms with E-state index in [1.165, 1.54) is 18.5 Å². The van der Waals surface area contributed by atoms with Gasteiger partial charge < -0.3 is 10.1 Å². The molecule has 3 aromatic heterocycles. The highest BCUT2D eigenvalue weighted by Gasteiger charge is 2.36. The van der Waals surface area contributed by atoms with Gasteiger partial charge in [0.25, 0.3) is 0 Å². The van der Waals surface area contributed by atoms with Crippen LogP contribution in [0.4, 0.5) is 11.6 Å². The second kappa shape index (κ2) is 10.1. The standard InChI is InChI=1S/C22H25N7O4S/c1-3-16(21-24-10-9-19(27-21)29-34(31,32)15-6-7-15)22(30)28-18-8-5-14(11-25-18)17-12-23-13-20(26-17)33-4-2/h5,8-13,15-16H,3-4,6-7H2,1-2H3,(H,24,27,29)(H,25,28,30). The molecular formula is C22H25N7O4S. The first-order valence-corrected chi connectivity index (χ1v) is 12.5. The molecule has 0 saturated heterocycles. The maximum absolute atomic E-state index is 12.9. The van der Waals surface area contributed by atoms with Crippen LogP contribution in [-0.2, 0) is 14.8 Å². The lowest BCUT2D eigenvalue weighted by atomic mass is 10.0. The molecule has 11 nitrogen and oxygen atoms in total. The van der Waals surface area contributed by atoms with Crippen LogP contribution in [0.5, 0.6) is 5.88 Å². The number of anilines is 2. The van der Waals surface area contributed by atoms with Crippen LogP contribution < -0.4 is 14.8 Å². The number of ether oxygens (including phenoxy) is 1. The van der Waals surface area contributed by atoms with E-state index in [-0.39, 0.29) is 22.8 Å². The highest BCUT2D eigenvalue weighted by atomic mass is 32.2. The molecule has 1 fully saturated rings. The highest BCUT2D eigenvalue weighted by Crippen LogP contribution is 2.29. The topological polar surface area (TPSA) is 149 Å². The second-order valence-corrected chi connectivity index (χ2v) is 9.67. The third kappa shape index (κ3) is 5.63. The number of amides is 1. The summed E-state index contributed by atoms with van der Waals surface area (Å²) in [6.07, 6.45) is 7.86. The van der Waals surface area contributed by atoms with E-state index >= 15 is 0 Å². The summed E-state index contributed by atoms with van der Waals surface area (Å²) in [5.41, 5.74) is 1.32. The van der Waals surface area contributed by atoms with E-state index in [2.05, 4.69) is 35.0 Å². The molecule has 1 aliphatic rings. The van der Waals surface area contributed by atoms with Gasteiger partial charge in [-0.15, -0.1) is 0 Å². The lowest BCUT2D eigenvalue weighted by Crippen LogP contribution is -2.24. The maximum Gasteiger partial charge on any atom is 0.236 e. The normalized spacial score (nSPS) is 14.3. The molecule has 0 aliphatic heterocycles. The van der Waals surface area contributed by atoms with Gasteiger partial charge in [-0.2, -0.15) is 0 Å². The molecule has 1 unspecified atom stereocenters. The Labute approximate surface area is 197 Å². The Balaban J connectivity index is 1.45. The number of hydrogen-bond acceptors (Lipinski definition) is 9. The van der Waals surface area contributed by atoms with E-state index in [4.69, 9.17) is 4.74 Å². The number of pyridine rings is 1. The van der Waals surface area contributed by atoms with Crippen molar-refractivity contribution in [2.45, 2.75) is 44.3 Å². The predicted molar refractivity (Wildman–Crippen MR) is 126 cm³/mol. The van der Waals surface area contributed by atoms with Crippen molar-refractivity contribution in [2.24, 2.45) is 0 Å². The van der Waals surface area contributed by atoms with Crippen molar-refractivity contribution in [1.82, 2.24) is 24.9 Å². The van der Waals surface area contributed by atoms with Crippen molar-refractivity contribution in [3.05, 3.63) is 48.8 Å². The number of carbonyl (C=O) groups excluding carboxylic acids is 1. The zero-order valence-corrected chi connectivity index (χ0v) is 19.6. The van der Waals surface area contributed by atoms with E-state index in [1.807, 2.05) is 13.8 Å². The minimum absolute atomic E-state index is 0.154. The Morgan fingerprint density at radius 3 is 2.59 bits per heavy atom. The van der Waals surface area contributed by atoms with Gasteiger partial charge in [0.05, 0.1) is 35.9 Å². The molecule has 3 heterocycles.